The number of amides is 1. The van der Waals surface area contributed by atoms with Crippen LogP contribution in [0, 0.1) is 0 Å². The molecule has 0 aliphatic rings. The molecule has 3 aromatic rings. The van der Waals surface area contributed by atoms with Crippen molar-refractivity contribution in [3.05, 3.63) is 72.1 Å². The summed E-state index contributed by atoms with van der Waals surface area (Å²) >= 11 is 1.54. The minimum atomic E-state index is -0.477. The lowest BCUT2D eigenvalue weighted by Crippen LogP contribution is -2.13. The maximum atomic E-state index is 12.4. The second-order valence-corrected chi connectivity index (χ2v) is 6.51. The van der Waals surface area contributed by atoms with Gasteiger partial charge in [-0.15, -0.1) is 0 Å². The molecule has 0 bridgehead atoms. The van der Waals surface area contributed by atoms with E-state index in [0.717, 1.165) is 10.1 Å². The Morgan fingerprint density at radius 2 is 1.85 bits per heavy atom. The van der Waals surface area contributed by atoms with Crippen LogP contribution in [0.25, 0.3) is 0 Å². The molecule has 132 valence electrons. The van der Waals surface area contributed by atoms with Gasteiger partial charge in [0.15, 0.2) is 5.16 Å². The molecule has 0 aliphatic heterocycles. The summed E-state index contributed by atoms with van der Waals surface area (Å²) in [4.78, 5) is 29.2. The van der Waals surface area contributed by atoms with Gasteiger partial charge in [-0.25, -0.2) is 9.78 Å². The molecule has 0 spiro atoms. The average Bonchev–Trinajstić information content (AvgIpc) is 3.07. The molecule has 0 radical (unpaired) electrons. The number of imidazole rings is 1. The monoisotopic (exact) mass is 367 g/mol. The summed E-state index contributed by atoms with van der Waals surface area (Å²) in [7, 11) is 3.24. The molecule has 3 rings (SSSR count). The second-order valence-electron chi connectivity index (χ2n) is 5.47. The Balaban J connectivity index is 1.68. The van der Waals surface area contributed by atoms with Crippen LogP contribution in [0.15, 0.2) is 71.0 Å². The molecule has 6 nitrogen and oxygen atoms in total. The first kappa shape index (κ1) is 17.8. The molecular formula is C19H17N3O3S. The van der Waals surface area contributed by atoms with Crippen LogP contribution in [0.3, 0.4) is 0 Å². The number of aryl methyl sites for hydroxylation is 1. The van der Waals surface area contributed by atoms with Gasteiger partial charge >= 0.3 is 5.97 Å². The van der Waals surface area contributed by atoms with Gasteiger partial charge < -0.3 is 14.6 Å². The van der Waals surface area contributed by atoms with Crippen molar-refractivity contribution in [2.45, 2.75) is 10.1 Å². The van der Waals surface area contributed by atoms with Crippen LogP contribution in [-0.2, 0) is 11.8 Å². The Morgan fingerprint density at radius 1 is 1.12 bits per heavy atom. The number of rotatable bonds is 5. The number of esters is 1. The number of methoxy groups -OCH3 is 1. The molecular weight excluding hydrogens is 350 g/mol. The summed E-state index contributed by atoms with van der Waals surface area (Å²) in [6.45, 7) is 0. The van der Waals surface area contributed by atoms with Crippen molar-refractivity contribution in [1.29, 1.82) is 0 Å². The lowest BCUT2D eigenvalue weighted by Gasteiger charge is -2.08. The summed E-state index contributed by atoms with van der Waals surface area (Å²) in [5, 5.41) is 3.71. The molecule has 2 aromatic carbocycles. The first-order chi connectivity index (χ1) is 12.6. The Kier molecular flexibility index (Phi) is 5.38. The number of aromatic nitrogens is 2. The van der Waals surface area contributed by atoms with E-state index < -0.39 is 5.97 Å². The van der Waals surface area contributed by atoms with Gasteiger partial charge in [0.05, 0.1) is 12.7 Å². The van der Waals surface area contributed by atoms with Crippen LogP contribution in [0.4, 0.5) is 5.69 Å². The van der Waals surface area contributed by atoms with Crippen LogP contribution in [0.2, 0.25) is 0 Å². The van der Waals surface area contributed by atoms with Crippen LogP contribution in [-0.4, -0.2) is 28.5 Å². The third-order valence-electron chi connectivity index (χ3n) is 3.64. The second kappa shape index (κ2) is 7.88. The SMILES string of the molecule is COC(=O)c1cccc(C(=O)Nc2ccc(Sc3nccn3C)cc2)c1. The van der Waals surface area contributed by atoms with Crippen molar-refractivity contribution in [3.63, 3.8) is 0 Å². The molecule has 0 atom stereocenters. The number of carbonyl (C=O) groups is 2. The Labute approximate surface area is 155 Å². The van der Waals surface area contributed by atoms with Crippen molar-refractivity contribution < 1.29 is 14.3 Å². The highest BCUT2D eigenvalue weighted by Gasteiger charge is 2.11. The fourth-order valence-electron chi connectivity index (χ4n) is 2.27. The summed E-state index contributed by atoms with van der Waals surface area (Å²) in [6.07, 6.45) is 3.64. The van der Waals surface area contributed by atoms with Gasteiger partial charge in [-0.05, 0) is 42.5 Å². The van der Waals surface area contributed by atoms with E-state index >= 15 is 0 Å². The van der Waals surface area contributed by atoms with Gasteiger partial charge in [0.2, 0.25) is 0 Å². The van der Waals surface area contributed by atoms with E-state index in [0.29, 0.717) is 16.8 Å². The van der Waals surface area contributed by atoms with E-state index in [2.05, 4.69) is 15.0 Å². The van der Waals surface area contributed by atoms with Crippen molar-refractivity contribution in [1.82, 2.24) is 9.55 Å². The van der Waals surface area contributed by atoms with Crippen molar-refractivity contribution in [2.24, 2.45) is 7.05 Å². The fraction of sp³-hybridized carbons (Fsp3) is 0.105. The van der Waals surface area contributed by atoms with Gasteiger partial charge in [0.1, 0.15) is 0 Å². The number of ether oxygens (including phenoxy) is 1. The highest BCUT2D eigenvalue weighted by atomic mass is 32.2. The summed E-state index contributed by atoms with van der Waals surface area (Å²) in [6, 6.07) is 13.9. The van der Waals surface area contributed by atoms with E-state index in [9.17, 15) is 9.59 Å². The normalized spacial score (nSPS) is 10.4. The van der Waals surface area contributed by atoms with Gasteiger partial charge in [-0.3, -0.25) is 4.79 Å². The first-order valence-electron chi connectivity index (χ1n) is 7.82. The maximum absolute atomic E-state index is 12.4. The van der Waals surface area contributed by atoms with Crippen molar-refractivity contribution in [3.8, 4) is 0 Å². The zero-order chi connectivity index (χ0) is 18.5. The lowest BCUT2D eigenvalue weighted by molar-refractivity contribution is 0.0600. The van der Waals surface area contributed by atoms with Gasteiger partial charge in [-0.2, -0.15) is 0 Å². The number of benzene rings is 2. The zero-order valence-corrected chi connectivity index (χ0v) is 15.1. The largest absolute Gasteiger partial charge is 0.465 e. The van der Waals surface area contributed by atoms with Crippen LogP contribution in [0.5, 0.6) is 0 Å². The summed E-state index contributed by atoms with van der Waals surface area (Å²) < 4.78 is 6.61. The van der Waals surface area contributed by atoms with Crippen molar-refractivity contribution in [2.75, 3.05) is 12.4 Å². The fourth-order valence-corrected chi connectivity index (χ4v) is 3.07. The number of nitrogens with zero attached hydrogens (tertiary/aromatic N) is 2. The highest BCUT2D eigenvalue weighted by Crippen LogP contribution is 2.26. The van der Waals surface area contributed by atoms with Gasteiger partial charge in [0, 0.05) is 35.6 Å². The molecule has 1 heterocycles. The third-order valence-corrected chi connectivity index (χ3v) is 4.73. The van der Waals surface area contributed by atoms with Gasteiger partial charge in [0.25, 0.3) is 5.91 Å². The van der Waals surface area contributed by atoms with E-state index in [4.69, 9.17) is 0 Å². The van der Waals surface area contributed by atoms with E-state index in [1.807, 2.05) is 42.1 Å². The predicted octanol–water partition coefficient (Wildman–Crippen LogP) is 3.61. The zero-order valence-electron chi connectivity index (χ0n) is 14.3. The molecule has 0 aliphatic carbocycles. The maximum Gasteiger partial charge on any atom is 0.337 e. The minimum absolute atomic E-state index is 0.291. The Bertz CT molecular complexity index is 935. The van der Waals surface area contributed by atoms with Gasteiger partial charge in [-0.1, -0.05) is 17.8 Å². The molecule has 0 unspecified atom stereocenters. The number of nitrogens with one attached hydrogen (secondary N) is 1. The van der Waals surface area contributed by atoms with E-state index in [1.54, 1.807) is 36.2 Å². The van der Waals surface area contributed by atoms with E-state index in [1.165, 1.54) is 13.2 Å². The smallest absolute Gasteiger partial charge is 0.337 e. The number of hydrogen-bond donors (Lipinski definition) is 1. The highest BCUT2D eigenvalue weighted by molar-refractivity contribution is 7.99. The molecule has 26 heavy (non-hydrogen) atoms. The lowest BCUT2D eigenvalue weighted by atomic mass is 10.1. The average molecular weight is 367 g/mol. The van der Waals surface area contributed by atoms with Crippen LogP contribution in [0.1, 0.15) is 20.7 Å². The molecule has 7 heteroatoms. The molecule has 1 amide bonds. The predicted molar refractivity (Wildman–Crippen MR) is 99.5 cm³/mol. The minimum Gasteiger partial charge on any atom is -0.465 e. The third kappa shape index (κ3) is 4.12. The van der Waals surface area contributed by atoms with E-state index in [-0.39, 0.29) is 5.91 Å². The number of anilines is 1. The molecule has 0 saturated carbocycles. The van der Waals surface area contributed by atoms with Crippen LogP contribution >= 0.6 is 11.8 Å². The number of hydrogen-bond acceptors (Lipinski definition) is 5. The quantitative estimate of drug-likeness (QED) is 0.698. The molecule has 1 N–H and O–H groups in total. The Hall–Kier alpha value is -3.06. The first-order valence-corrected chi connectivity index (χ1v) is 8.63. The number of carbonyl (C=O) groups excluding carboxylic acids is 2. The molecule has 0 fully saturated rings. The topological polar surface area (TPSA) is 73.2 Å². The van der Waals surface area contributed by atoms with Crippen molar-refractivity contribution >= 4 is 29.3 Å². The molecule has 0 saturated heterocycles. The van der Waals surface area contributed by atoms with Crippen LogP contribution < -0.4 is 5.32 Å². The summed E-state index contributed by atoms with van der Waals surface area (Å²) in [5.41, 5.74) is 1.39. The standard InChI is InChI=1S/C19H17N3O3S/c1-22-11-10-20-19(22)26-16-8-6-15(7-9-16)21-17(23)13-4-3-5-14(12-13)18(24)25-2/h3-12H,1-2H3,(H,21,23). The summed E-state index contributed by atoms with van der Waals surface area (Å²) in [5.74, 6) is -0.768. The Morgan fingerprint density at radius 3 is 2.50 bits per heavy atom. The molecule has 1 aromatic heterocycles.